The van der Waals surface area contributed by atoms with Gasteiger partial charge in [0.25, 0.3) is 0 Å². The van der Waals surface area contributed by atoms with E-state index in [1.165, 1.54) is 18.2 Å². The van der Waals surface area contributed by atoms with Crippen LogP contribution in [0.4, 0.5) is 0 Å². The molecule has 1 saturated heterocycles. The van der Waals surface area contributed by atoms with Gasteiger partial charge in [-0.25, -0.2) is 14.8 Å². The Morgan fingerprint density at radius 3 is 2.46 bits per heavy atom. The fourth-order valence-corrected chi connectivity index (χ4v) is 5.18. The van der Waals surface area contributed by atoms with Crippen LogP contribution >= 0.6 is 11.8 Å². The minimum Gasteiger partial charge on any atom is -0.458 e. The molecule has 6 nitrogen and oxygen atoms in total. The van der Waals surface area contributed by atoms with Crippen molar-refractivity contribution in [2.24, 2.45) is 5.92 Å². The highest BCUT2D eigenvalue weighted by molar-refractivity contribution is 7.99. The van der Waals surface area contributed by atoms with E-state index in [1.54, 1.807) is 0 Å². The number of likely N-dealkylation sites (tertiary alicyclic amines) is 1. The van der Waals surface area contributed by atoms with E-state index in [9.17, 15) is 9.59 Å². The second-order valence-corrected chi connectivity index (χ2v) is 9.86. The number of hydrogen-bond acceptors (Lipinski definition) is 6. The number of ether oxygens (including phenoxy) is 1. The van der Waals surface area contributed by atoms with Crippen molar-refractivity contribution in [1.82, 2.24) is 14.9 Å². The molecule has 7 heteroatoms. The van der Waals surface area contributed by atoms with Crippen LogP contribution in [0.1, 0.15) is 64.3 Å². The molecule has 1 aromatic heterocycles. The lowest BCUT2D eigenvalue weighted by atomic mass is 9.85. The normalized spacial score (nSPS) is 24.8. The number of carbonyl (C=O) groups excluding carboxylic acids is 2. The summed E-state index contributed by atoms with van der Waals surface area (Å²) in [6.07, 6.45) is 5.06. The molecule has 1 aliphatic heterocycles. The molecule has 0 bridgehead atoms. The van der Waals surface area contributed by atoms with Crippen molar-refractivity contribution >= 4 is 23.6 Å². The third kappa shape index (κ3) is 5.04. The Kier molecular flexibility index (Phi) is 6.32. The Balaban J connectivity index is 1.74. The van der Waals surface area contributed by atoms with Crippen LogP contribution in [0, 0.1) is 19.8 Å². The van der Waals surface area contributed by atoms with Gasteiger partial charge in [0.15, 0.2) is 5.16 Å². The highest BCUT2D eigenvalue weighted by Crippen LogP contribution is 2.40. The number of amides is 1. The number of nitrogens with zero attached hydrogens (tertiary/aromatic N) is 3. The second kappa shape index (κ2) is 8.39. The molecule has 0 aromatic carbocycles. The van der Waals surface area contributed by atoms with E-state index in [-0.39, 0.29) is 23.7 Å². The maximum absolute atomic E-state index is 13.2. The summed E-state index contributed by atoms with van der Waals surface area (Å²) in [7, 11) is 0. The molecule has 0 radical (unpaired) electrons. The maximum Gasteiger partial charge on any atom is 0.329 e. The van der Waals surface area contributed by atoms with Crippen LogP contribution in [-0.2, 0) is 14.3 Å². The van der Waals surface area contributed by atoms with E-state index in [4.69, 9.17) is 4.74 Å². The summed E-state index contributed by atoms with van der Waals surface area (Å²) in [5.74, 6) is 0.351. The predicted octanol–water partition coefficient (Wildman–Crippen LogP) is 3.69. The number of fused-ring (bicyclic) bond motifs is 1. The van der Waals surface area contributed by atoms with Crippen LogP contribution < -0.4 is 0 Å². The number of rotatable bonds is 4. The van der Waals surface area contributed by atoms with Crippen molar-refractivity contribution in [2.45, 2.75) is 89.6 Å². The Morgan fingerprint density at radius 2 is 1.82 bits per heavy atom. The number of aryl methyl sites for hydroxylation is 2. The van der Waals surface area contributed by atoms with Crippen molar-refractivity contribution in [3.8, 4) is 0 Å². The van der Waals surface area contributed by atoms with Gasteiger partial charge >= 0.3 is 5.97 Å². The van der Waals surface area contributed by atoms with Crippen LogP contribution in [0.2, 0.25) is 0 Å². The fraction of sp³-hybridized carbons (Fsp3) is 0.714. The van der Waals surface area contributed by atoms with Gasteiger partial charge in [0.1, 0.15) is 11.6 Å². The van der Waals surface area contributed by atoms with E-state index < -0.39 is 11.6 Å². The predicted molar refractivity (Wildman–Crippen MR) is 109 cm³/mol. The minimum atomic E-state index is -0.554. The molecule has 2 fully saturated rings. The molecule has 0 N–H and O–H groups in total. The quantitative estimate of drug-likeness (QED) is 0.432. The first kappa shape index (κ1) is 21.1. The largest absolute Gasteiger partial charge is 0.458 e. The molecular formula is C21H31N3O3S. The van der Waals surface area contributed by atoms with Gasteiger partial charge < -0.3 is 9.64 Å². The fourth-order valence-electron chi connectivity index (χ4n) is 4.36. The van der Waals surface area contributed by atoms with E-state index in [0.29, 0.717) is 11.1 Å². The zero-order chi connectivity index (χ0) is 20.5. The van der Waals surface area contributed by atoms with Gasteiger partial charge in [-0.15, -0.1) is 0 Å². The third-order valence-corrected chi connectivity index (χ3v) is 6.17. The zero-order valence-electron chi connectivity index (χ0n) is 17.5. The van der Waals surface area contributed by atoms with E-state index >= 15 is 0 Å². The van der Waals surface area contributed by atoms with Gasteiger partial charge in [-0.3, -0.25) is 4.79 Å². The summed E-state index contributed by atoms with van der Waals surface area (Å²) < 4.78 is 5.64. The van der Waals surface area contributed by atoms with Crippen LogP contribution in [0.25, 0.3) is 0 Å². The SMILES string of the molecule is Cc1cc(C)nc(SCC(=O)N2C(C(=O)OC(C)(C)C)CC3CCCCC32)n1. The second-order valence-electron chi connectivity index (χ2n) is 8.92. The summed E-state index contributed by atoms with van der Waals surface area (Å²) in [5, 5.41) is 0.610. The average Bonchev–Trinajstić information content (AvgIpc) is 2.97. The first-order valence-corrected chi connectivity index (χ1v) is 11.1. The number of carbonyl (C=O) groups is 2. The summed E-state index contributed by atoms with van der Waals surface area (Å²) in [6, 6.07) is 1.59. The lowest BCUT2D eigenvalue weighted by Gasteiger charge is -2.34. The van der Waals surface area contributed by atoms with E-state index in [1.807, 2.05) is 45.6 Å². The Labute approximate surface area is 171 Å². The van der Waals surface area contributed by atoms with Crippen molar-refractivity contribution in [3.63, 3.8) is 0 Å². The molecule has 1 saturated carbocycles. The smallest absolute Gasteiger partial charge is 0.329 e. The molecule has 0 spiro atoms. The van der Waals surface area contributed by atoms with Gasteiger partial charge in [0.2, 0.25) is 5.91 Å². The van der Waals surface area contributed by atoms with Crippen molar-refractivity contribution in [3.05, 3.63) is 17.5 Å². The standard InChI is InChI=1S/C21H31N3O3S/c1-13-10-14(2)23-20(22-13)28-12-18(25)24-16-9-7-6-8-15(16)11-17(24)19(26)27-21(3,4)5/h10,15-17H,6-9,11-12H2,1-5H3. The van der Waals surface area contributed by atoms with Crippen LogP contribution in [0.15, 0.2) is 11.2 Å². The van der Waals surface area contributed by atoms with Gasteiger partial charge in [0, 0.05) is 17.4 Å². The monoisotopic (exact) mass is 405 g/mol. The molecule has 1 aromatic rings. The van der Waals surface area contributed by atoms with E-state index in [2.05, 4.69) is 9.97 Å². The topological polar surface area (TPSA) is 72.4 Å². The number of hydrogen-bond donors (Lipinski definition) is 0. The summed E-state index contributed by atoms with van der Waals surface area (Å²) in [6.45, 7) is 9.45. The molecule has 3 unspecified atom stereocenters. The third-order valence-electron chi connectivity index (χ3n) is 5.34. The Bertz CT molecular complexity index is 727. The molecule has 3 atom stereocenters. The zero-order valence-corrected chi connectivity index (χ0v) is 18.3. The number of aromatic nitrogens is 2. The molecular weight excluding hydrogens is 374 g/mol. The van der Waals surface area contributed by atoms with Gasteiger partial charge in [-0.1, -0.05) is 24.6 Å². The Morgan fingerprint density at radius 1 is 1.18 bits per heavy atom. The van der Waals surface area contributed by atoms with Crippen LogP contribution in [0.3, 0.4) is 0 Å². The molecule has 2 aliphatic rings. The summed E-state index contributed by atoms with van der Waals surface area (Å²) >= 11 is 1.34. The maximum atomic E-state index is 13.2. The first-order chi connectivity index (χ1) is 13.1. The van der Waals surface area contributed by atoms with Crippen LogP contribution in [0.5, 0.6) is 0 Å². The highest BCUT2D eigenvalue weighted by Gasteiger charge is 2.48. The summed E-state index contributed by atoms with van der Waals surface area (Å²) in [4.78, 5) is 36.6. The van der Waals surface area contributed by atoms with Crippen molar-refractivity contribution < 1.29 is 14.3 Å². The lowest BCUT2D eigenvalue weighted by molar-refractivity contribution is -0.163. The molecule has 154 valence electrons. The average molecular weight is 406 g/mol. The van der Waals surface area contributed by atoms with Gasteiger partial charge in [-0.05, 0) is 65.9 Å². The van der Waals surface area contributed by atoms with Gasteiger partial charge in [-0.2, -0.15) is 0 Å². The number of thioether (sulfide) groups is 1. The molecule has 28 heavy (non-hydrogen) atoms. The molecule has 3 rings (SSSR count). The molecule has 1 aliphatic carbocycles. The van der Waals surface area contributed by atoms with E-state index in [0.717, 1.165) is 37.1 Å². The number of esters is 1. The molecule has 1 amide bonds. The Hall–Kier alpha value is -1.63. The van der Waals surface area contributed by atoms with Crippen molar-refractivity contribution in [2.75, 3.05) is 5.75 Å². The highest BCUT2D eigenvalue weighted by atomic mass is 32.2. The molecule has 2 heterocycles. The lowest BCUT2D eigenvalue weighted by Crippen LogP contribution is -2.48. The van der Waals surface area contributed by atoms with Crippen molar-refractivity contribution in [1.29, 1.82) is 0 Å². The van der Waals surface area contributed by atoms with Gasteiger partial charge in [0.05, 0.1) is 5.75 Å². The minimum absolute atomic E-state index is 0.0157. The summed E-state index contributed by atoms with van der Waals surface area (Å²) in [5.41, 5.74) is 1.23. The first-order valence-electron chi connectivity index (χ1n) is 10.1. The van der Waals surface area contributed by atoms with Crippen LogP contribution in [-0.4, -0.2) is 50.2 Å².